The highest BCUT2D eigenvalue weighted by Crippen LogP contribution is 2.35. The third kappa shape index (κ3) is 13.6. The number of halogens is 8. The predicted octanol–water partition coefficient (Wildman–Crippen LogP) is 6.49. The van der Waals surface area contributed by atoms with Gasteiger partial charge in [-0.15, -0.1) is 0 Å². The number of anilines is 2. The Morgan fingerprint density at radius 1 is 0.945 bits per heavy atom. The Kier molecular flexibility index (Phi) is 15.2. The Morgan fingerprint density at radius 2 is 1.65 bits per heavy atom. The molecule has 300 valence electrons. The monoisotopic (exact) mass is 789 g/mol. The fourth-order valence-corrected chi connectivity index (χ4v) is 5.56. The van der Waals surface area contributed by atoms with E-state index in [2.05, 4.69) is 20.4 Å². The summed E-state index contributed by atoms with van der Waals surface area (Å²) in [4.78, 5) is 42.7. The van der Waals surface area contributed by atoms with Crippen LogP contribution < -0.4 is 20.9 Å². The number of hydrogen-bond acceptors (Lipinski definition) is 8. The highest BCUT2D eigenvalue weighted by atomic mass is 19.4. The van der Waals surface area contributed by atoms with E-state index in [0.29, 0.717) is 11.1 Å². The van der Waals surface area contributed by atoms with Crippen LogP contribution in [0.25, 0.3) is 0 Å². The van der Waals surface area contributed by atoms with Crippen LogP contribution in [0.2, 0.25) is 0 Å². The number of nitrogens with one attached hydrogen (secondary N) is 3. The molecule has 0 saturated carbocycles. The van der Waals surface area contributed by atoms with Gasteiger partial charge in [-0.3, -0.25) is 14.7 Å². The third-order valence-corrected chi connectivity index (χ3v) is 8.22. The van der Waals surface area contributed by atoms with Crippen LogP contribution in [-0.2, 0) is 31.8 Å². The summed E-state index contributed by atoms with van der Waals surface area (Å²) in [7, 11) is 0. The molecule has 2 aromatic carbocycles. The number of morpholine rings is 1. The summed E-state index contributed by atoms with van der Waals surface area (Å²) in [6, 6.07) is 8.33. The largest absolute Gasteiger partial charge is 0.448 e. The van der Waals surface area contributed by atoms with Gasteiger partial charge in [0.15, 0.2) is 6.61 Å². The van der Waals surface area contributed by atoms with Gasteiger partial charge in [-0.05, 0) is 54.7 Å². The van der Waals surface area contributed by atoms with Gasteiger partial charge in [0.25, 0.3) is 11.8 Å². The van der Waals surface area contributed by atoms with Crippen LogP contribution in [0, 0.1) is 17.5 Å². The van der Waals surface area contributed by atoms with E-state index in [1.54, 1.807) is 5.32 Å². The van der Waals surface area contributed by atoms with Crippen molar-refractivity contribution in [1.82, 2.24) is 20.9 Å². The molecule has 2 atom stereocenters. The molecule has 0 radical (unpaired) electrons. The minimum Gasteiger partial charge on any atom is -0.448 e. The van der Waals surface area contributed by atoms with Crippen molar-refractivity contribution in [2.75, 3.05) is 44.4 Å². The molecule has 0 aliphatic carbocycles. The van der Waals surface area contributed by atoms with Crippen molar-refractivity contribution in [2.24, 2.45) is 0 Å². The number of aromatic nitrogens is 1. The molecule has 1 saturated heterocycles. The van der Waals surface area contributed by atoms with Crippen LogP contribution in [-0.4, -0.2) is 86.8 Å². The first kappa shape index (κ1) is 42.7. The van der Waals surface area contributed by atoms with Crippen LogP contribution in [0.4, 0.5) is 56.1 Å². The number of ether oxygens (including phenoxy) is 3. The van der Waals surface area contributed by atoms with Crippen LogP contribution in [0.15, 0.2) is 54.9 Å². The maximum atomic E-state index is 15.6. The Balaban J connectivity index is 1.54. The number of pyridine rings is 1. The van der Waals surface area contributed by atoms with E-state index in [4.69, 9.17) is 9.47 Å². The van der Waals surface area contributed by atoms with Crippen LogP contribution in [0.5, 0.6) is 0 Å². The summed E-state index contributed by atoms with van der Waals surface area (Å²) < 4.78 is 124. The lowest BCUT2D eigenvalue weighted by molar-refractivity contribution is -0.124. The topological polar surface area (TPSA) is 131 Å². The van der Waals surface area contributed by atoms with Gasteiger partial charge in [-0.2, -0.15) is 13.2 Å². The van der Waals surface area contributed by atoms with Crippen molar-refractivity contribution in [3.63, 3.8) is 0 Å². The van der Waals surface area contributed by atoms with Gasteiger partial charge in [-0.1, -0.05) is 31.5 Å². The summed E-state index contributed by atoms with van der Waals surface area (Å²) in [6.45, 7) is -2.28. The number of amides is 3. The first-order valence-electron chi connectivity index (χ1n) is 17.1. The van der Waals surface area contributed by atoms with E-state index < -0.39 is 85.9 Å². The number of rotatable bonds is 16. The van der Waals surface area contributed by atoms with Crippen molar-refractivity contribution in [3.8, 4) is 0 Å². The zero-order valence-electron chi connectivity index (χ0n) is 29.5. The van der Waals surface area contributed by atoms with Crippen LogP contribution >= 0.6 is 0 Å². The number of benzene rings is 2. The lowest BCUT2D eigenvalue weighted by Gasteiger charge is -2.31. The van der Waals surface area contributed by atoms with Gasteiger partial charge in [0.05, 0.1) is 42.5 Å². The molecular weight excluding hydrogens is 750 g/mol. The quantitative estimate of drug-likeness (QED) is 0.141. The number of nitrogens with zero attached hydrogens (tertiary/aromatic N) is 2. The Hall–Kier alpha value is -5.04. The Bertz CT molecular complexity index is 1760. The Labute approximate surface area is 310 Å². The van der Waals surface area contributed by atoms with E-state index in [1.807, 2.05) is 0 Å². The molecule has 19 heteroatoms. The average molecular weight is 790 g/mol. The molecule has 3 amide bonds. The summed E-state index contributed by atoms with van der Waals surface area (Å²) >= 11 is 0. The van der Waals surface area contributed by atoms with Gasteiger partial charge in [0, 0.05) is 18.5 Å². The SMILES string of the molecule is CCCC(F)(F)COC(=O)NCC(=O)N(c1cc(F)ccc1Cc1ccc(F)cc1)c1cncc(F)c1CC[C@@H]1CN[C@H](COC(=O)NCC(F)(F)F)CO1. The highest BCUT2D eigenvalue weighted by molar-refractivity contribution is 6.03. The van der Waals surface area contributed by atoms with E-state index in [-0.39, 0.29) is 62.4 Å². The van der Waals surface area contributed by atoms with Gasteiger partial charge >= 0.3 is 18.4 Å². The van der Waals surface area contributed by atoms with E-state index in [9.17, 15) is 45.1 Å². The Morgan fingerprint density at radius 3 is 2.33 bits per heavy atom. The van der Waals surface area contributed by atoms with E-state index in [1.165, 1.54) is 37.3 Å². The molecule has 1 aliphatic heterocycles. The highest BCUT2D eigenvalue weighted by Gasteiger charge is 2.32. The number of alkyl carbamates (subject to hydrolysis) is 2. The van der Waals surface area contributed by atoms with E-state index in [0.717, 1.165) is 29.4 Å². The molecule has 0 spiro atoms. The molecule has 55 heavy (non-hydrogen) atoms. The second-order valence-corrected chi connectivity index (χ2v) is 12.6. The smallest absolute Gasteiger partial charge is 0.407 e. The first-order valence-corrected chi connectivity index (χ1v) is 17.1. The predicted molar refractivity (Wildman–Crippen MR) is 181 cm³/mol. The molecule has 3 N–H and O–H groups in total. The lowest BCUT2D eigenvalue weighted by atomic mass is 10.00. The second-order valence-electron chi connectivity index (χ2n) is 12.6. The lowest BCUT2D eigenvalue weighted by Crippen LogP contribution is -2.49. The third-order valence-electron chi connectivity index (χ3n) is 8.22. The second kappa shape index (κ2) is 19.5. The van der Waals surface area contributed by atoms with Crippen molar-refractivity contribution < 1.29 is 63.7 Å². The zero-order chi connectivity index (χ0) is 40.2. The summed E-state index contributed by atoms with van der Waals surface area (Å²) in [5.74, 6) is -6.39. The number of carbonyl (C=O) groups is 3. The molecule has 4 rings (SSSR count). The van der Waals surface area contributed by atoms with Crippen LogP contribution in [0.1, 0.15) is 42.9 Å². The maximum absolute atomic E-state index is 15.6. The summed E-state index contributed by atoms with van der Waals surface area (Å²) in [5.41, 5.74) is 0.628. The molecule has 1 aromatic heterocycles. The number of carbonyl (C=O) groups excluding carboxylic acids is 3. The standard InChI is InChI=1S/C36H39F8N5O6/c1-2-11-35(40,41)21-55-33(51)47-17-32(50)49(30-13-25(38)8-5-23(30)12-22-3-6-24(37)7-4-22)31-16-45-15-29(39)28(31)10-9-27-14-46-26(18-53-27)19-54-34(52)48-20-36(42,43)44/h3-8,13,15-16,26-27,46H,2,9-12,14,17-21H2,1H3,(H,47,51)(H,48,52)/t26-,27+/m0/s1. The molecule has 3 aromatic rings. The van der Waals surface area contributed by atoms with Crippen molar-refractivity contribution >= 4 is 29.5 Å². The molecule has 1 fully saturated rings. The molecule has 0 bridgehead atoms. The normalized spacial score (nSPS) is 15.9. The first-order chi connectivity index (χ1) is 26.0. The van der Waals surface area contributed by atoms with Crippen molar-refractivity contribution in [1.29, 1.82) is 0 Å². The van der Waals surface area contributed by atoms with Crippen molar-refractivity contribution in [2.45, 2.75) is 63.3 Å². The van der Waals surface area contributed by atoms with Gasteiger partial charge in [0.1, 0.15) is 37.1 Å². The average Bonchev–Trinajstić information content (AvgIpc) is 3.13. The van der Waals surface area contributed by atoms with Gasteiger partial charge in [-0.25, -0.2) is 31.5 Å². The molecule has 11 nitrogen and oxygen atoms in total. The van der Waals surface area contributed by atoms with Gasteiger partial charge < -0.3 is 30.2 Å². The maximum Gasteiger partial charge on any atom is 0.407 e. The van der Waals surface area contributed by atoms with Crippen LogP contribution in [0.3, 0.4) is 0 Å². The van der Waals surface area contributed by atoms with Gasteiger partial charge in [0.2, 0.25) is 0 Å². The molecular formula is C36H39F8N5O6. The fraction of sp³-hybridized carbons (Fsp3) is 0.444. The molecule has 0 unspecified atom stereocenters. The minimum absolute atomic E-state index is 0.0182. The summed E-state index contributed by atoms with van der Waals surface area (Å²) in [5, 5.41) is 6.73. The fourth-order valence-electron chi connectivity index (χ4n) is 5.56. The number of hydrogen-bond donors (Lipinski definition) is 3. The molecule has 2 heterocycles. The van der Waals surface area contributed by atoms with Crippen molar-refractivity contribution in [3.05, 3.63) is 89.0 Å². The summed E-state index contributed by atoms with van der Waals surface area (Å²) in [6.07, 6.45) is -6.00. The molecule has 1 aliphatic rings. The van der Waals surface area contributed by atoms with E-state index >= 15 is 4.39 Å². The number of alkyl halides is 5. The minimum atomic E-state index is -4.61. The zero-order valence-corrected chi connectivity index (χ0v) is 29.5.